The number of hydrogen-bond donors (Lipinski definition) is 0. The Kier molecular flexibility index (Phi) is 9.13. The molecule has 3 rings (SSSR count). The summed E-state index contributed by atoms with van der Waals surface area (Å²) in [7, 11) is 3.41. The molecule has 7 heteroatoms. The summed E-state index contributed by atoms with van der Waals surface area (Å²) in [5.41, 5.74) is 3.04. The van der Waals surface area contributed by atoms with Crippen LogP contribution in [-0.2, 0) is 22.4 Å². The molecule has 0 spiro atoms. The van der Waals surface area contributed by atoms with Crippen LogP contribution in [-0.4, -0.2) is 55.5 Å². The Balaban J connectivity index is 1.56. The largest absolute Gasteiger partial charge is 0.496 e. The van der Waals surface area contributed by atoms with Crippen LogP contribution >= 0.6 is 0 Å². The van der Waals surface area contributed by atoms with E-state index >= 15 is 0 Å². The Hall–Kier alpha value is -3.35. The molecule has 0 saturated carbocycles. The van der Waals surface area contributed by atoms with Gasteiger partial charge in [0.05, 0.1) is 7.11 Å². The van der Waals surface area contributed by atoms with E-state index in [0.717, 1.165) is 22.6 Å². The SMILES string of the molecule is COc1ccccc1CCN(CCCCC(=O)c1ccc2c(c1)CCC(=O)N2C)C(=O)OC(C)(C)C. The van der Waals surface area contributed by atoms with Crippen LogP contribution in [0.1, 0.15) is 67.9 Å². The topological polar surface area (TPSA) is 76.2 Å². The molecule has 1 aliphatic heterocycles. The number of para-hydroxylation sites is 1. The van der Waals surface area contributed by atoms with Gasteiger partial charge in [-0.1, -0.05) is 18.2 Å². The number of hydrogen-bond acceptors (Lipinski definition) is 5. The first-order chi connectivity index (χ1) is 17.1. The second-order valence-corrected chi connectivity index (χ2v) is 10.2. The molecule has 0 atom stereocenters. The normalized spacial score (nSPS) is 13.2. The van der Waals surface area contributed by atoms with Crippen LogP contribution < -0.4 is 9.64 Å². The molecule has 2 aromatic rings. The van der Waals surface area contributed by atoms with Crippen LogP contribution in [0.25, 0.3) is 0 Å². The van der Waals surface area contributed by atoms with Crippen molar-refractivity contribution in [2.75, 3.05) is 32.1 Å². The maximum absolute atomic E-state index is 12.8. The van der Waals surface area contributed by atoms with E-state index in [-0.39, 0.29) is 17.8 Å². The minimum atomic E-state index is -0.582. The first kappa shape index (κ1) is 27.2. The molecule has 0 saturated heterocycles. The number of fused-ring (bicyclic) bond motifs is 1. The molecule has 2 amide bonds. The molecule has 0 fully saturated rings. The average molecular weight is 495 g/mol. The molecule has 0 unspecified atom stereocenters. The summed E-state index contributed by atoms with van der Waals surface area (Å²) < 4.78 is 11.1. The Morgan fingerprint density at radius 1 is 1.03 bits per heavy atom. The van der Waals surface area contributed by atoms with Crippen LogP contribution in [0.3, 0.4) is 0 Å². The van der Waals surface area contributed by atoms with Crippen molar-refractivity contribution >= 4 is 23.5 Å². The van der Waals surface area contributed by atoms with Gasteiger partial charge in [0.15, 0.2) is 5.78 Å². The minimum absolute atomic E-state index is 0.0789. The summed E-state index contributed by atoms with van der Waals surface area (Å²) in [6, 6.07) is 13.4. The van der Waals surface area contributed by atoms with Crippen molar-refractivity contribution in [3.8, 4) is 5.75 Å². The third kappa shape index (κ3) is 7.33. The zero-order valence-corrected chi connectivity index (χ0v) is 22.1. The van der Waals surface area contributed by atoms with Gasteiger partial charge in [-0.2, -0.15) is 0 Å². The van der Waals surface area contributed by atoms with Crippen molar-refractivity contribution in [3.63, 3.8) is 0 Å². The molecular weight excluding hydrogens is 456 g/mol. The van der Waals surface area contributed by atoms with Crippen molar-refractivity contribution < 1.29 is 23.9 Å². The van der Waals surface area contributed by atoms with Gasteiger partial charge in [-0.05, 0) is 81.8 Å². The maximum atomic E-state index is 12.8. The molecule has 36 heavy (non-hydrogen) atoms. The van der Waals surface area contributed by atoms with E-state index in [1.54, 1.807) is 30.0 Å². The number of unbranched alkanes of at least 4 members (excludes halogenated alkanes) is 1. The summed E-state index contributed by atoms with van der Waals surface area (Å²) in [6.07, 6.45) is 3.20. The lowest BCUT2D eigenvalue weighted by atomic mass is 9.96. The summed E-state index contributed by atoms with van der Waals surface area (Å²) >= 11 is 0. The second-order valence-electron chi connectivity index (χ2n) is 10.2. The van der Waals surface area contributed by atoms with Gasteiger partial charge in [0.2, 0.25) is 5.91 Å². The number of methoxy groups -OCH3 is 1. The predicted molar refractivity (Wildman–Crippen MR) is 141 cm³/mol. The van der Waals surface area contributed by atoms with E-state index in [4.69, 9.17) is 9.47 Å². The molecule has 0 bridgehead atoms. The highest BCUT2D eigenvalue weighted by Crippen LogP contribution is 2.28. The first-order valence-corrected chi connectivity index (χ1v) is 12.6. The van der Waals surface area contributed by atoms with Crippen molar-refractivity contribution in [1.82, 2.24) is 4.90 Å². The molecule has 0 N–H and O–H groups in total. The number of ether oxygens (including phenoxy) is 2. The summed E-state index contributed by atoms with van der Waals surface area (Å²) in [5.74, 6) is 0.977. The third-order valence-corrected chi connectivity index (χ3v) is 6.32. The van der Waals surface area contributed by atoms with Gasteiger partial charge < -0.3 is 19.3 Å². The second kappa shape index (κ2) is 12.1. The maximum Gasteiger partial charge on any atom is 0.410 e. The Morgan fingerprint density at radius 3 is 2.50 bits per heavy atom. The van der Waals surface area contributed by atoms with Crippen LogP contribution in [0.2, 0.25) is 0 Å². The molecule has 0 aliphatic carbocycles. The van der Waals surface area contributed by atoms with Gasteiger partial charge in [0.25, 0.3) is 0 Å². The quantitative estimate of drug-likeness (QED) is 0.325. The molecular formula is C29H38N2O5. The van der Waals surface area contributed by atoms with E-state index in [9.17, 15) is 14.4 Å². The van der Waals surface area contributed by atoms with Crippen LogP contribution in [0.5, 0.6) is 5.75 Å². The van der Waals surface area contributed by atoms with Crippen molar-refractivity contribution in [2.45, 2.75) is 64.9 Å². The number of carbonyl (C=O) groups excluding carboxylic acids is 3. The average Bonchev–Trinajstić information content (AvgIpc) is 2.84. The molecule has 1 aliphatic rings. The fraction of sp³-hybridized carbons (Fsp3) is 0.483. The highest BCUT2D eigenvalue weighted by Gasteiger charge is 2.23. The molecule has 2 aromatic carbocycles. The number of rotatable bonds is 10. The van der Waals surface area contributed by atoms with E-state index in [2.05, 4.69) is 0 Å². The molecule has 194 valence electrons. The first-order valence-electron chi connectivity index (χ1n) is 12.6. The molecule has 0 radical (unpaired) electrons. The summed E-state index contributed by atoms with van der Waals surface area (Å²) in [5, 5.41) is 0. The lowest BCUT2D eigenvalue weighted by molar-refractivity contribution is -0.118. The number of ketones is 1. The summed E-state index contributed by atoms with van der Waals surface area (Å²) in [4.78, 5) is 40.9. The van der Waals surface area contributed by atoms with Crippen LogP contribution in [0.15, 0.2) is 42.5 Å². The fourth-order valence-corrected chi connectivity index (χ4v) is 4.35. The number of nitrogens with zero attached hydrogens (tertiary/aromatic N) is 2. The highest BCUT2D eigenvalue weighted by atomic mass is 16.6. The zero-order chi connectivity index (χ0) is 26.3. The highest BCUT2D eigenvalue weighted by molar-refractivity contribution is 5.99. The van der Waals surface area contributed by atoms with E-state index < -0.39 is 5.60 Å². The van der Waals surface area contributed by atoms with Gasteiger partial charge in [-0.25, -0.2) is 4.79 Å². The van der Waals surface area contributed by atoms with Crippen molar-refractivity contribution in [1.29, 1.82) is 0 Å². The smallest absolute Gasteiger partial charge is 0.410 e. The van der Waals surface area contributed by atoms with Crippen molar-refractivity contribution in [3.05, 3.63) is 59.2 Å². The predicted octanol–water partition coefficient (Wildman–Crippen LogP) is 5.44. The van der Waals surface area contributed by atoms with Gasteiger partial charge in [0, 0.05) is 44.2 Å². The minimum Gasteiger partial charge on any atom is -0.496 e. The number of amides is 2. The Bertz CT molecular complexity index is 1090. The molecule has 1 heterocycles. The lowest BCUT2D eigenvalue weighted by Gasteiger charge is -2.27. The standard InChI is InChI=1S/C29H38N2O5/c1-29(2,3)36-28(34)31(19-17-21-10-6-7-12-26(21)35-5)18-9-8-11-25(32)23-13-15-24-22(20-23)14-16-27(33)30(24)4/h6-7,10,12-13,15,20H,8-9,11,14,16-19H2,1-5H3. The van der Waals surface area contributed by atoms with Gasteiger partial charge >= 0.3 is 6.09 Å². The lowest BCUT2D eigenvalue weighted by Crippen LogP contribution is -2.38. The number of benzene rings is 2. The number of anilines is 1. The monoisotopic (exact) mass is 494 g/mol. The Labute approximate surface area is 214 Å². The number of carbonyl (C=O) groups is 3. The van der Waals surface area contributed by atoms with Crippen LogP contribution in [0.4, 0.5) is 10.5 Å². The number of aryl methyl sites for hydroxylation is 1. The van der Waals surface area contributed by atoms with E-state index in [0.29, 0.717) is 57.2 Å². The molecule has 7 nitrogen and oxygen atoms in total. The Morgan fingerprint density at radius 2 is 1.78 bits per heavy atom. The zero-order valence-electron chi connectivity index (χ0n) is 22.1. The van der Waals surface area contributed by atoms with E-state index in [1.807, 2.05) is 57.2 Å². The van der Waals surface area contributed by atoms with Crippen molar-refractivity contribution in [2.24, 2.45) is 0 Å². The van der Waals surface area contributed by atoms with Gasteiger partial charge in [-0.15, -0.1) is 0 Å². The van der Waals surface area contributed by atoms with Gasteiger partial charge in [-0.3, -0.25) is 9.59 Å². The number of Topliss-reactive ketones (excluding diaryl/α,β-unsaturated/α-hetero) is 1. The fourth-order valence-electron chi connectivity index (χ4n) is 4.35. The van der Waals surface area contributed by atoms with Crippen LogP contribution in [0, 0.1) is 0 Å². The van der Waals surface area contributed by atoms with E-state index in [1.165, 1.54) is 0 Å². The molecule has 0 aromatic heterocycles. The summed E-state index contributed by atoms with van der Waals surface area (Å²) in [6.45, 7) is 6.57. The van der Waals surface area contributed by atoms with Gasteiger partial charge in [0.1, 0.15) is 11.4 Å². The third-order valence-electron chi connectivity index (χ3n) is 6.32.